The van der Waals surface area contributed by atoms with Gasteiger partial charge in [0.25, 0.3) is 0 Å². The van der Waals surface area contributed by atoms with Gasteiger partial charge >= 0.3 is 0 Å². The molecule has 0 bridgehead atoms. The highest BCUT2D eigenvalue weighted by atomic mass is 19.1. The molecule has 0 aliphatic heterocycles. The van der Waals surface area contributed by atoms with Crippen molar-refractivity contribution >= 4 is 5.78 Å². The highest BCUT2D eigenvalue weighted by molar-refractivity contribution is 5.98. The normalized spacial score (nSPS) is 10.7. The third-order valence-corrected chi connectivity index (χ3v) is 3.40. The van der Waals surface area contributed by atoms with Crippen LogP contribution in [0.5, 0.6) is 0 Å². The first-order chi connectivity index (χ1) is 9.38. The summed E-state index contributed by atoms with van der Waals surface area (Å²) in [6.45, 7) is 5.37. The molecule has 0 unspecified atom stereocenters. The van der Waals surface area contributed by atoms with Gasteiger partial charge in [-0.25, -0.2) is 8.78 Å². The number of rotatable bonds is 3. The maximum Gasteiger partial charge on any atom is 0.170 e. The molecule has 0 N–H and O–H groups in total. The zero-order valence-corrected chi connectivity index (χ0v) is 11.8. The number of benzene rings is 2. The maximum absolute atomic E-state index is 13.7. The van der Waals surface area contributed by atoms with Gasteiger partial charge in [0, 0.05) is 12.5 Å². The minimum atomic E-state index is -0.802. The van der Waals surface area contributed by atoms with Crippen molar-refractivity contribution in [2.45, 2.75) is 27.2 Å². The van der Waals surface area contributed by atoms with Crippen LogP contribution in [-0.2, 0) is 6.42 Å². The summed E-state index contributed by atoms with van der Waals surface area (Å²) < 4.78 is 26.9. The number of Topliss-reactive ketones (excluding diaryl/α,β-unsaturated/α-hetero) is 1. The number of carbonyl (C=O) groups excluding carboxylic acids is 1. The second-order valence-corrected chi connectivity index (χ2v) is 5.11. The van der Waals surface area contributed by atoms with E-state index in [9.17, 15) is 13.6 Å². The molecule has 0 aliphatic rings. The van der Waals surface area contributed by atoms with Crippen LogP contribution < -0.4 is 0 Å². The molecule has 20 heavy (non-hydrogen) atoms. The molecule has 0 saturated heterocycles. The second kappa shape index (κ2) is 5.53. The smallest absolute Gasteiger partial charge is 0.170 e. The first-order valence-electron chi connectivity index (χ1n) is 6.43. The Bertz CT molecular complexity index is 675. The molecule has 2 aromatic rings. The lowest BCUT2D eigenvalue weighted by atomic mass is 9.97. The van der Waals surface area contributed by atoms with E-state index in [0.717, 1.165) is 22.8 Å². The standard InChI is InChI=1S/C17H16F2O/c1-10-4-5-11(2)13(6-10)8-17(20)14-7-12(3)15(18)9-16(14)19/h4-7,9H,8H2,1-3H3. The highest BCUT2D eigenvalue weighted by Gasteiger charge is 2.15. The van der Waals surface area contributed by atoms with Crippen molar-refractivity contribution in [3.05, 3.63) is 69.8 Å². The second-order valence-electron chi connectivity index (χ2n) is 5.11. The first-order valence-corrected chi connectivity index (χ1v) is 6.43. The molecule has 0 amide bonds. The lowest BCUT2D eigenvalue weighted by molar-refractivity contribution is 0.0988. The van der Waals surface area contributed by atoms with Gasteiger partial charge in [-0.05, 0) is 43.5 Å². The Labute approximate surface area is 117 Å². The summed E-state index contributed by atoms with van der Waals surface area (Å²) in [5.41, 5.74) is 3.13. The van der Waals surface area contributed by atoms with Crippen molar-refractivity contribution in [3.8, 4) is 0 Å². The van der Waals surface area contributed by atoms with Gasteiger partial charge < -0.3 is 0 Å². The molecule has 0 fully saturated rings. The monoisotopic (exact) mass is 274 g/mol. The molecule has 2 rings (SSSR count). The van der Waals surface area contributed by atoms with E-state index >= 15 is 0 Å². The van der Waals surface area contributed by atoms with E-state index in [1.807, 2.05) is 32.0 Å². The van der Waals surface area contributed by atoms with E-state index in [1.54, 1.807) is 0 Å². The lowest BCUT2D eigenvalue weighted by Crippen LogP contribution is -2.08. The highest BCUT2D eigenvalue weighted by Crippen LogP contribution is 2.18. The van der Waals surface area contributed by atoms with Crippen molar-refractivity contribution in [2.75, 3.05) is 0 Å². The van der Waals surface area contributed by atoms with E-state index in [2.05, 4.69) is 0 Å². The van der Waals surface area contributed by atoms with Gasteiger partial charge in [0.05, 0.1) is 5.56 Å². The summed E-state index contributed by atoms with van der Waals surface area (Å²) in [4.78, 5) is 12.2. The van der Waals surface area contributed by atoms with Gasteiger partial charge in [-0.15, -0.1) is 0 Å². The van der Waals surface area contributed by atoms with Gasteiger partial charge in [0.1, 0.15) is 11.6 Å². The Balaban J connectivity index is 2.33. The Morgan fingerprint density at radius 1 is 0.950 bits per heavy atom. The summed E-state index contributed by atoms with van der Waals surface area (Å²) >= 11 is 0. The fourth-order valence-electron chi connectivity index (χ4n) is 2.13. The Morgan fingerprint density at radius 3 is 2.35 bits per heavy atom. The molecular weight excluding hydrogens is 258 g/mol. The summed E-state index contributed by atoms with van der Waals surface area (Å²) in [5, 5.41) is 0. The SMILES string of the molecule is Cc1ccc(C)c(CC(=O)c2cc(C)c(F)cc2F)c1. The van der Waals surface area contributed by atoms with Gasteiger partial charge in [-0.1, -0.05) is 23.8 Å². The summed E-state index contributed by atoms with van der Waals surface area (Å²) in [5.74, 6) is -1.77. The molecular formula is C17H16F2O. The van der Waals surface area contributed by atoms with E-state index < -0.39 is 11.6 Å². The van der Waals surface area contributed by atoms with Crippen LogP contribution in [0.3, 0.4) is 0 Å². The minimum Gasteiger partial charge on any atom is -0.294 e. The Kier molecular flexibility index (Phi) is 3.98. The predicted molar refractivity (Wildman–Crippen MR) is 75.0 cm³/mol. The van der Waals surface area contributed by atoms with Crippen molar-refractivity contribution in [3.63, 3.8) is 0 Å². The van der Waals surface area contributed by atoms with Crippen LogP contribution in [0.1, 0.15) is 32.6 Å². The van der Waals surface area contributed by atoms with E-state index in [1.165, 1.54) is 13.0 Å². The van der Waals surface area contributed by atoms with Crippen LogP contribution >= 0.6 is 0 Å². The minimum absolute atomic E-state index is 0.0511. The Morgan fingerprint density at radius 2 is 1.65 bits per heavy atom. The van der Waals surface area contributed by atoms with E-state index in [-0.39, 0.29) is 23.3 Å². The number of aryl methyl sites for hydroxylation is 3. The molecule has 0 aliphatic carbocycles. The quantitative estimate of drug-likeness (QED) is 0.762. The third kappa shape index (κ3) is 2.93. The average molecular weight is 274 g/mol. The largest absolute Gasteiger partial charge is 0.294 e. The average Bonchev–Trinajstić information content (AvgIpc) is 2.38. The van der Waals surface area contributed by atoms with Crippen LogP contribution in [-0.4, -0.2) is 5.78 Å². The van der Waals surface area contributed by atoms with Crippen LogP contribution in [0.15, 0.2) is 30.3 Å². The zero-order chi connectivity index (χ0) is 14.9. The number of hydrogen-bond acceptors (Lipinski definition) is 1. The molecule has 2 aromatic carbocycles. The molecule has 0 radical (unpaired) electrons. The molecule has 3 heteroatoms. The molecule has 0 heterocycles. The van der Waals surface area contributed by atoms with Crippen LogP contribution in [0.4, 0.5) is 8.78 Å². The number of hydrogen-bond donors (Lipinski definition) is 0. The van der Waals surface area contributed by atoms with Crippen LogP contribution in [0.2, 0.25) is 0 Å². The van der Waals surface area contributed by atoms with Gasteiger partial charge in [0.2, 0.25) is 0 Å². The molecule has 0 saturated carbocycles. The topological polar surface area (TPSA) is 17.1 Å². The maximum atomic E-state index is 13.7. The fourth-order valence-corrected chi connectivity index (χ4v) is 2.13. The van der Waals surface area contributed by atoms with Crippen molar-refractivity contribution in [1.82, 2.24) is 0 Å². The fraction of sp³-hybridized carbons (Fsp3) is 0.235. The molecule has 0 atom stereocenters. The van der Waals surface area contributed by atoms with E-state index in [0.29, 0.717) is 0 Å². The zero-order valence-electron chi connectivity index (χ0n) is 11.8. The molecule has 1 nitrogen and oxygen atoms in total. The van der Waals surface area contributed by atoms with Gasteiger partial charge in [0.15, 0.2) is 5.78 Å². The number of ketones is 1. The number of halogens is 2. The third-order valence-electron chi connectivity index (χ3n) is 3.40. The van der Waals surface area contributed by atoms with E-state index in [4.69, 9.17) is 0 Å². The lowest BCUT2D eigenvalue weighted by Gasteiger charge is -2.08. The van der Waals surface area contributed by atoms with Crippen molar-refractivity contribution in [2.24, 2.45) is 0 Å². The van der Waals surface area contributed by atoms with Crippen molar-refractivity contribution in [1.29, 1.82) is 0 Å². The Hall–Kier alpha value is -2.03. The predicted octanol–water partition coefficient (Wildman–Crippen LogP) is 4.32. The molecule has 0 spiro atoms. The summed E-state index contributed by atoms with van der Waals surface area (Å²) in [6.07, 6.45) is 0.121. The number of carbonyl (C=O) groups is 1. The summed E-state index contributed by atoms with van der Waals surface area (Å²) in [7, 11) is 0. The summed E-state index contributed by atoms with van der Waals surface area (Å²) in [6, 6.07) is 7.86. The first kappa shape index (κ1) is 14.4. The van der Waals surface area contributed by atoms with Gasteiger partial charge in [-0.2, -0.15) is 0 Å². The van der Waals surface area contributed by atoms with Crippen molar-refractivity contribution < 1.29 is 13.6 Å². The molecule has 0 aromatic heterocycles. The van der Waals surface area contributed by atoms with Crippen LogP contribution in [0, 0.1) is 32.4 Å². The van der Waals surface area contributed by atoms with Gasteiger partial charge in [-0.3, -0.25) is 4.79 Å². The molecule has 104 valence electrons. The van der Waals surface area contributed by atoms with Crippen LogP contribution in [0.25, 0.3) is 0 Å².